The van der Waals surface area contributed by atoms with Gasteiger partial charge >= 0.3 is 6.03 Å². The van der Waals surface area contributed by atoms with E-state index >= 15 is 0 Å². The first-order chi connectivity index (χ1) is 17.0. The zero-order chi connectivity index (χ0) is 24.4. The number of ether oxygens (including phenoxy) is 2. The third-order valence-corrected chi connectivity index (χ3v) is 7.30. The van der Waals surface area contributed by atoms with Gasteiger partial charge < -0.3 is 24.6 Å². The Labute approximate surface area is 204 Å². The average molecular weight is 475 g/mol. The number of likely N-dealkylation sites (tertiary alicyclic amines) is 2. The van der Waals surface area contributed by atoms with E-state index in [0.717, 1.165) is 30.2 Å². The van der Waals surface area contributed by atoms with Crippen molar-refractivity contribution in [2.24, 2.45) is 5.41 Å². The standard InChI is InChI=1S/C27H30N4O4/c1-34-23-10-6-5-9-21(23)29-26(33)30-14-11-27(12-15-30)13-16-31(18-27)25(32)22-17-24(35-2)19-7-3-4-8-20(19)28-22/h3-10,17H,11-16,18H2,1-2H3,(H,29,33). The van der Waals surface area contributed by atoms with E-state index in [4.69, 9.17) is 9.47 Å². The Morgan fingerprint density at radius 1 is 0.886 bits per heavy atom. The van der Waals surface area contributed by atoms with Crippen LogP contribution < -0.4 is 14.8 Å². The monoisotopic (exact) mass is 474 g/mol. The van der Waals surface area contributed by atoms with Gasteiger partial charge in [-0.2, -0.15) is 0 Å². The van der Waals surface area contributed by atoms with E-state index in [0.29, 0.717) is 49.1 Å². The fraction of sp³-hybridized carbons (Fsp3) is 0.370. The summed E-state index contributed by atoms with van der Waals surface area (Å²) in [5.41, 5.74) is 1.86. The maximum Gasteiger partial charge on any atom is 0.321 e. The van der Waals surface area contributed by atoms with Gasteiger partial charge in [0.25, 0.3) is 5.91 Å². The predicted octanol–water partition coefficient (Wildman–Crippen LogP) is 4.41. The lowest BCUT2D eigenvalue weighted by molar-refractivity contribution is 0.0734. The molecule has 0 unspecified atom stereocenters. The van der Waals surface area contributed by atoms with E-state index in [1.54, 1.807) is 20.3 Å². The van der Waals surface area contributed by atoms with Crippen molar-refractivity contribution in [3.8, 4) is 11.5 Å². The highest BCUT2D eigenvalue weighted by atomic mass is 16.5. The number of methoxy groups -OCH3 is 2. The van der Waals surface area contributed by atoms with Crippen molar-refractivity contribution in [1.29, 1.82) is 0 Å². The number of fused-ring (bicyclic) bond motifs is 1. The van der Waals surface area contributed by atoms with Crippen LogP contribution in [0.25, 0.3) is 10.9 Å². The van der Waals surface area contributed by atoms with Gasteiger partial charge in [-0.15, -0.1) is 0 Å². The lowest BCUT2D eigenvalue weighted by Crippen LogP contribution is -2.46. The first kappa shape index (κ1) is 23.0. The lowest BCUT2D eigenvalue weighted by atomic mass is 9.78. The van der Waals surface area contributed by atoms with Crippen molar-refractivity contribution in [3.63, 3.8) is 0 Å². The average Bonchev–Trinajstić information content (AvgIpc) is 3.31. The Balaban J connectivity index is 1.23. The molecule has 2 fully saturated rings. The van der Waals surface area contributed by atoms with Crippen LogP contribution in [-0.4, -0.2) is 67.1 Å². The number of benzene rings is 2. The van der Waals surface area contributed by atoms with Crippen LogP contribution in [0.15, 0.2) is 54.6 Å². The second-order valence-electron chi connectivity index (χ2n) is 9.32. The van der Waals surface area contributed by atoms with Gasteiger partial charge in [-0.1, -0.05) is 24.3 Å². The lowest BCUT2D eigenvalue weighted by Gasteiger charge is -2.39. The highest BCUT2D eigenvalue weighted by Crippen LogP contribution is 2.41. The van der Waals surface area contributed by atoms with Crippen LogP contribution in [0.1, 0.15) is 29.8 Å². The summed E-state index contributed by atoms with van der Waals surface area (Å²) >= 11 is 0. The van der Waals surface area contributed by atoms with Crippen LogP contribution in [-0.2, 0) is 0 Å². The Hall–Kier alpha value is -3.81. The molecular formula is C27H30N4O4. The van der Waals surface area contributed by atoms with E-state index < -0.39 is 0 Å². The van der Waals surface area contributed by atoms with Gasteiger partial charge in [0.2, 0.25) is 0 Å². The van der Waals surface area contributed by atoms with Gasteiger partial charge in [0.15, 0.2) is 0 Å². The normalized spacial score (nSPS) is 17.0. The molecule has 3 heterocycles. The fourth-order valence-corrected chi connectivity index (χ4v) is 5.23. The first-order valence-corrected chi connectivity index (χ1v) is 11.9. The molecule has 3 amide bonds. The number of carbonyl (C=O) groups is 2. The van der Waals surface area contributed by atoms with Crippen molar-refractivity contribution in [2.45, 2.75) is 19.3 Å². The Morgan fingerprint density at radius 2 is 1.54 bits per heavy atom. The number of urea groups is 1. The first-order valence-electron chi connectivity index (χ1n) is 11.9. The number of piperidine rings is 1. The molecule has 182 valence electrons. The van der Waals surface area contributed by atoms with Crippen molar-refractivity contribution in [3.05, 3.63) is 60.3 Å². The van der Waals surface area contributed by atoms with Crippen LogP contribution in [0.2, 0.25) is 0 Å². The highest BCUT2D eigenvalue weighted by molar-refractivity contribution is 5.97. The number of aromatic nitrogens is 1. The zero-order valence-corrected chi connectivity index (χ0v) is 20.1. The maximum atomic E-state index is 13.3. The molecule has 2 saturated heterocycles. The second-order valence-corrected chi connectivity index (χ2v) is 9.32. The minimum atomic E-state index is -0.122. The predicted molar refractivity (Wildman–Crippen MR) is 134 cm³/mol. The summed E-state index contributed by atoms with van der Waals surface area (Å²) < 4.78 is 10.9. The van der Waals surface area contributed by atoms with Crippen molar-refractivity contribution < 1.29 is 19.1 Å². The number of rotatable bonds is 4. The fourth-order valence-electron chi connectivity index (χ4n) is 5.23. The molecule has 5 rings (SSSR count). The molecule has 1 N–H and O–H groups in total. The molecular weight excluding hydrogens is 444 g/mol. The molecule has 2 aromatic carbocycles. The number of nitrogens with one attached hydrogen (secondary N) is 1. The molecule has 3 aromatic rings. The van der Waals surface area contributed by atoms with Crippen molar-refractivity contribution >= 4 is 28.5 Å². The largest absolute Gasteiger partial charge is 0.496 e. The number of nitrogens with zero attached hydrogens (tertiary/aromatic N) is 3. The zero-order valence-electron chi connectivity index (χ0n) is 20.1. The number of carbonyl (C=O) groups excluding carboxylic acids is 2. The van der Waals surface area contributed by atoms with Gasteiger partial charge in [-0.05, 0) is 48.9 Å². The SMILES string of the molecule is COc1ccccc1NC(=O)N1CCC2(CC1)CCN(C(=O)c1cc(OC)c3ccccc3n1)C2. The summed E-state index contributed by atoms with van der Waals surface area (Å²) in [7, 11) is 3.20. The number of hydrogen-bond acceptors (Lipinski definition) is 5. The van der Waals surface area contributed by atoms with Crippen LogP contribution in [0.4, 0.5) is 10.5 Å². The Kier molecular flexibility index (Phi) is 6.19. The molecule has 35 heavy (non-hydrogen) atoms. The molecule has 0 bridgehead atoms. The number of para-hydroxylation sites is 3. The van der Waals surface area contributed by atoms with Crippen LogP contribution in [0, 0.1) is 5.41 Å². The molecule has 0 radical (unpaired) electrons. The number of amides is 3. The molecule has 1 spiro atoms. The number of hydrogen-bond donors (Lipinski definition) is 1. The van der Waals surface area contributed by atoms with Gasteiger partial charge in [0.1, 0.15) is 17.2 Å². The molecule has 2 aliphatic heterocycles. The summed E-state index contributed by atoms with van der Waals surface area (Å²) in [5.74, 6) is 1.22. The van der Waals surface area contributed by atoms with E-state index in [2.05, 4.69) is 10.3 Å². The minimum absolute atomic E-state index is 0.0395. The number of pyridine rings is 1. The smallest absolute Gasteiger partial charge is 0.321 e. The number of anilines is 1. The third kappa shape index (κ3) is 4.48. The highest BCUT2D eigenvalue weighted by Gasteiger charge is 2.43. The van der Waals surface area contributed by atoms with Crippen molar-refractivity contribution in [1.82, 2.24) is 14.8 Å². The molecule has 8 heteroatoms. The van der Waals surface area contributed by atoms with Crippen LogP contribution in [0.3, 0.4) is 0 Å². The molecule has 1 aromatic heterocycles. The van der Waals surface area contributed by atoms with Crippen LogP contribution >= 0.6 is 0 Å². The van der Waals surface area contributed by atoms with E-state index in [-0.39, 0.29) is 17.4 Å². The summed E-state index contributed by atoms with van der Waals surface area (Å²) in [6, 6.07) is 16.7. The summed E-state index contributed by atoms with van der Waals surface area (Å²) in [5, 5.41) is 3.85. The van der Waals surface area contributed by atoms with Gasteiger partial charge in [0, 0.05) is 37.6 Å². The topological polar surface area (TPSA) is 84.0 Å². The second kappa shape index (κ2) is 9.44. The van der Waals surface area contributed by atoms with Crippen molar-refractivity contribution in [2.75, 3.05) is 45.7 Å². The Morgan fingerprint density at radius 3 is 2.29 bits per heavy atom. The van der Waals surface area contributed by atoms with Crippen LogP contribution in [0.5, 0.6) is 11.5 Å². The maximum absolute atomic E-state index is 13.3. The van der Waals surface area contributed by atoms with E-state index in [1.165, 1.54) is 0 Å². The van der Waals surface area contributed by atoms with Gasteiger partial charge in [0.05, 0.1) is 25.4 Å². The molecule has 0 aliphatic carbocycles. The molecule has 2 aliphatic rings. The van der Waals surface area contributed by atoms with Gasteiger partial charge in [-0.25, -0.2) is 9.78 Å². The summed E-state index contributed by atoms with van der Waals surface area (Å²) in [6.45, 7) is 2.70. The van der Waals surface area contributed by atoms with Gasteiger partial charge in [-0.3, -0.25) is 4.79 Å². The summed E-state index contributed by atoms with van der Waals surface area (Å²) in [6.07, 6.45) is 2.67. The molecule has 0 atom stereocenters. The van der Waals surface area contributed by atoms with E-state index in [9.17, 15) is 9.59 Å². The molecule has 0 saturated carbocycles. The quantitative estimate of drug-likeness (QED) is 0.606. The minimum Gasteiger partial charge on any atom is -0.496 e. The molecule has 8 nitrogen and oxygen atoms in total. The summed E-state index contributed by atoms with van der Waals surface area (Å²) in [4.78, 5) is 34.5. The third-order valence-electron chi connectivity index (χ3n) is 7.30. The Bertz CT molecular complexity index is 1250. The van der Waals surface area contributed by atoms with E-state index in [1.807, 2.05) is 58.3 Å².